The standard InChI is InChI=1S/C19H23NO2/c1-16-8-2-3-9-17(16)22-19-11-5-4-10-18(19)21-15-14-20-12-6-7-13-20/h2-5,8-11H,6-7,12-15H2,1H3. The van der Waals surface area contributed by atoms with Crippen molar-refractivity contribution < 1.29 is 9.47 Å². The van der Waals surface area contributed by atoms with E-state index in [1.165, 1.54) is 25.9 Å². The van der Waals surface area contributed by atoms with E-state index in [1.54, 1.807) is 0 Å². The van der Waals surface area contributed by atoms with Crippen LogP contribution in [-0.2, 0) is 0 Å². The maximum Gasteiger partial charge on any atom is 0.169 e. The fraction of sp³-hybridized carbons (Fsp3) is 0.368. The summed E-state index contributed by atoms with van der Waals surface area (Å²) < 4.78 is 12.0. The van der Waals surface area contributed by atoms with E-state index in [9.17, 15) is 0 Å². The van der Waals surface area contributed by atoms with Crippen molar-refractivity contribution in [3.8, 4) is 17.2 Å². The van der Waals surface area contributed by atoms with Crippen LogP contribution in [0.2, 0.25) is 0 Å². The first-order valence-corrected chi connectivity index (χ1v) is 8.00. The molecule has 0 bridgehead atoms. The van der Waals surface area contributed by atoms with Gasteiger partial charge in [-0.3, -0.25) is 4.90 Å². The summed E-state index contributed by atoms with van der Waals surface area (Å²) in [7, 11) is 0. The molecule has 1 heterocycles. The highest BCUT2D eigenvalue weighted by Crippen LogP contribution is 2.32. The van der Waals surface area contributed by atoms with Crippen LogP contribution >= 0.6 is 0 Å². The highest BCUT2D eigenvalue weighted by Gasteiger charge is 2.12. The van der Waals surface area contributed by atoms with E-state index in [-0.39, 0.29) is 0 Å². The van der Waals surface area contributed by atoms with Gasteiger partial charge in [-0.1, -0.05) is 30.3 Å². The number of nitrogens with zero attached hydrogens (tertiary/aromatic N) is 1. The van der Waals surface area contributed by atoms with Crippen LogP contribution in [0.5, 0.6) is 17.2 Å². The van der Waals surface area contributed by atoms with Crippen molar-refractivity contribution in [3.63, 3.8) is 0 Å². The first-order valence-electron chi connectivity index (χ1n) is 8.00. The Morgan fingerprint density at radius 3 is 2.23 bits per heavy atom. The normalized spacial score (nSPS) is 15.0. The van der Waals surface area contributed by atoms with Gasteiger partial charge in [-0.05, 0) is 56.6 Å². The van der Waals surface area contributed by atoms with E-state index in [2.05, 4.69) is 4.90 Å². The number of aryl methyl sites for hydroxylation is 1. The number of hydrogen-bond donors (Lipinski definition) is 0. The number of ether oxygens (including phenoxy) is 2. The van der Waals surface area contributed by atoms with E-state index in [0.29, 0.717) is 6.61 Å². The molecule has 0 aliphatic carbocycles. The summed E-state index contributed by atoms with van der Waals surface area (Å²) in [6.45, 7) is 6.13. The predicted molar refractivity (Wildman–Crippen MR) is 88.9 cm³/mol. The van der Waals surface area contributed by atoms with Crippen LogP contribution in [-0.4, -0.2) is 31.1 Å². The lowest BCUT2D eigenvalue weighted by atomic mass is 10.2. The third kappa shape index (κ3) is 3.80. The summed E-state index contributed by atoms with van der Waals surface area (Å²) in [5.41, 5.74) is 1.12. The van der Waals surface area contributed by atoms with E-state index in [0.717, 1.165) is 29.4 Å². The molecule has 0 radical (unpaired) electrons. The third-order valence-corrected chi connectivity index (χ3v) is 4.03. The quantitative estimate of drug-likeness (QED) is 0.795. The Bertz CT molecular complexity index is 606. The third-order valence-electron chi connectivity index (χ3n) is 4.03. The monoisotopic (exact) mass is 297 g/mol. The van der Waals surface area contributed by atoms with E-state index >= 15 is 0 Å². The number of likely N-dealkylation sites (tertiary alicyclic amines) is 1. The molecule has 0 atom stereocenters. The number of rotatable bonds is 6. The van der Waals surface area contributed by atoms with Gasteiger partial charge in [-0.2, -0.15) is 0 Å². The molecule has 2 aromatic rings. The number of hydrogen-bond acceptors (Lipinski definition) is 3. The summed E-state index contributed by atoms with van der Waals surface area (Å²) in [6.07, 6.45) is 2.62. The first-order chi connectivity index (χ1) is 10.8. The van der Waals surface area contributed by atoms with E-state index < -0.39 is 0 Å². The smallest absolute Gasteiger partial charge is 0.169 e. The van der Waals surface area contributed by atoms with Gasteiger partial charge in [0.25, 0.3) is 0 Å². The molecule has 3 nitrogen and oxygen atoms in total. The van der Waals surface area contributed by atoms with Gasteiger partial charge in [0.2, 0.25) is 0 Å². The summed E-state index contributed by atoms with van der Waals surface area (Å²) in [6, 6.07) is 15.9. The molecule has 0 unspecified atom stereocenters. The second-order valence-electron chi connectivity index (χ2n) is 5.71. The van der Waals surface area contributed by atoms with Gasteiger partial charge in [-0.15, -0.1) is 0 Å². The molecule has 0 saturated carbocycles. The molecule has 116 valence electrons. The number of para-hydroxylation sites is 3. The summed E-state index contributed by atoms with van der Waals surface area (Å²) in [5.74, 6) is 2.46. The summed E-state index contributed by atoms with van der Waals surface area (Å²) in [4.78, 5) is 2.45. The minimum atomic E-state index is 0.703. The Morgan fingerprint density at radius 2 is 1.50 bits per heavy atom. The summed E-state index contributed by atoms with van der Waals surface area (Å²) >= 11 is 0. The van der Waals surface area contributed by atoms with Gasteiger partial charge in [0.05, 0.1) is 0 Å². The minimum Gasteiger partial charge on any atom is -0.488 e. The SMILES string of the molecule is Cc1ccccc1Oc1ccccc1OCCN1CCCC1. The van der Waals surface area contributed by atoms with Crippen molar-refractivity contribution in [1.29, 1.82) is 0 Å². The molecule has 0 aromatic heterocycles. The van der Waals surface area contributed by atoms with Crippen LogP contribution in [0.15, 0.2) is 48.5 Å². The molecule has 0 spiro atoms. The molecular formula is C19H23NO2. The van der Waals surface area contributed by atoms with Crippen molar-refractivity contribution in [2.75, 3.05) is 26.2 Å². The highest BCUT2D eigenvalue weighted by molar-refractivity contribution is 5.44. The molecule has 3 heteroatoms. The van der Waals surface area contributed by atoms with Gasteiger partial charge < -0.3 is 9.47 Å². The highest BCUT2D eigenvalue weighted by atomic mass is 16.5. The zero-order chi connectivity index (χ0) is 15.2. The first kappa shape index (κ1) is 14.9. The van der Waals surface area contributed by atoms with Crippen molar-refractivity contribution in [3.05, 3.63) is 54.1 Å². The molecule has 0 N–H and O–H groups in total. The average Bonchev–Trinajstić information content (AvgIpc) is 3.04. The van der Waals surface area contributed by atoms with Crippen LogP contribution < -0.4 is 9.47 Å². The van der Waals surface area contributed by atoms with Crippen LogP contribution in [0.25, 0.3) is 0 Å². The maximum absolute atomic E-state index is 6.02. The van der Waals surface area contributed by atoms with Gasteiger partial charge in [-0.25, -0.2) is 0 Å². The Hall–Kier alpha value is -2.00. The van der Waals surface area contributed by atoms with Gasteiger partial charge in [0.15, 0.2) is 11.5 Å². The van der Waals surface area contributed by atoms with Crippen molar-refractivity contribution in [2.45, 2.75) is 19.8 Å². The summed E-state index contributed by atoms with van der Waals surface area (Å²) in [5, 5.41) is 0. The zero-order valence-corrected chi connectivity index (χ0v) is 13.1. The Labute approximate surface area is 132 Å². The van der Waals surface area contributed by atoms with Crippen molar-refractivity contribution in [1.82, 2.24) is 4.90 Å². The lowest BCUT2D eigenvalue weighted by Gasteiger charge is -2.17. The second-order valence-corrected chi connectivity index (χ2v) is 5.71. The molecule has 22 heavy (non-hydrogen) atoms. The van der Waals surface area contributed by atoms with Gasteiger partial charge in [0.1, 0.15) is 12.4 Å². The minimum absolute atomic E-state index is 0.703. The second kappa shape index (κ2) is 7.32. The average molecular weight is 297 g/mol. The fourth-order valence-corrected chi connectivity index (χ4v) is 2.73. The number of benzene rings is 2. The molecule has 1 saturated heterocycles. The van der Waals surface area contributed by atoms with E-state index in [1.807, 2.05) is 55.5 Å². The van der Waals surface area contributed by atoms with Crippen LogP contribution in [0.1, 0.15) is 18.4 Å². The topological polar surface area (TPSA) is 21.7 Å². The predicted octanol–water partition coefficient (Wildman–Crippen LogP) is 4.26. The molecule has 1 aliphatic heterocycles. The van der Waals surface area contributed by atoms with Crippen molar-refractivity contribution in [2.24, 2.45) is 0 Å². The van der Waals surface area contributed by atoms with Gasteiger partial charge >= 0.3 is 0 Å². The molecule has 1 fully saturated rings. The zero-order valence-electron chi connectivity index (χ0n) is 13.1. The van der Waals surface area contributed by atoms with Crippen LogP contribution in [0.3, 0.4) is 0 Å². The van der Waals surface area contributed by atoms with Crippen molar-refractivity contribution >= 4 is 0 Å². The Morgan fingerprint density at radius 1 is 0.864 bits per heavy atom. The molecule has 1 aliphatic rings. The van der Waals surface area contributed by atoms with E-state index in [4.69, 9.17) is 9.47 Å². The molecular weight excluding hydrogens is 274 g/mol. The molecule has 3 rings (SSSR count). The lowest BCUT2D eigenvalue weighted by Crippen LogP contribution is -2.25. The van der Waals surface area contributed by atoms with Gasteiger partial charge in [0, 0.05) is 6.54 Å². The molecule has 2 aromatic carbocycles. The largest absolute Gasteiger partial charge is 0.488 e. The fourth-order valence-electron chi connectivity index (χ4n) is 2.73. The lowest BCUT2D eigenvalue weighted by molar-refractivity contribution is 0.232. The van der Waals surface area contributed by atoms with Crippen LogP contribution in [0, 0.1) is 6.92 Å². The molecule has 0 amide bonds. The Balaban J connectivity index is 1.63. The maximum atomic E-state index is 6.02. The van der Waals surface area contributed by atoms with Crippen LogP contribution in [0.4, 0.5) is 0 Å². The Kier molecular flexibility index (Phi) is 4.96.